The molecule has 0 bridgehead atoms. The average molecular weight is 441 g/mol. The predicted octanol–water partition coefficient (Wildman–Crippen LogP) is 3.65. The predicted molar refractivity (Wildman–Crippen MR) is 126 cm³/mol. The van der Waals surface area contributed by atoms with Crippen LogP contribution in [0.15, 0.2) is 60.7 Å². The van der Waals surface area contributed by atoms with Crippen molar-refractivity contribution in [2.75, 3.05) is 13.2 Å². The average Bonchev–Trinajstić information content (AvgIpc) is 3.43. The second-order valence-corrected chi connectivity index (χ2v) is 14.4. The summed E-state index contributed by atoms with van der Waals surface area (Å²) in [5.41, 5.74) is -0.428. The van der Waals surface area contributed by atoms with Crippen LogP contribution in [0.25, 0.3) is 0 Å². The fourth-order valence-corrected chi connectivity index (χ4v) is 9.76. The second kappa shape index (κ2) is 8.79. The number of ether oxygens (including phenoxy) is 2. The summed E-state index contributed by atoms with van der Waals surface area (Å²) in [5, 5.41) is 12.2. The van der Waals surface area contributed by atoms with Crippen molar-refractivity contribution in [1.82, 2.24) is 0 Å². The summed E-state index contributed by atoms with van der Waals surface area (Å²) in [6, 6.07) is 21.6. The lowest BCUT2D eigenvalue weighted by Crippen LogP contribution is -2.68. The van der Waals surface area contributed by atoms with E-state index in [2.05, 4.69) is 81.4 Å². The van der Waals surface area contributed by atoms with Crippen molar-refractivity contribution in [3.8, 4) is 0 Å². The van der Waals surface area contributed by atoms with Gasteiger partial charge in [0.15, 0.2) is 0 Å². The maximum atomic E-state index is 9.63. The van der Waals surface area contributed by atoms with Crippen molar-refractivity contribution in [2.45, 2.75) is 75.9 Å². The summed E-state index contributed by atoms with van der Waals surface area (Å²) in [4.78, 5) is 0. The third-order valence-electron chi connectivity index (χ3n) is 6.92. The maximum Gasteiger partial charge on any atom is 0.261 e. The van der Waals surface area contributed by atoms with Gasteiger partial charge in [-0.25, -0.2) is 0 Å². The quantitative estimate of drug-likeness (QED) is 0.527. The van der Waals surface area contributed by atoms with Gasteiger partial charge in [-0.15, -0.1) is 0 Å². The number of benzene rings is 2. The zero-order chi connectivity index (χ0) is 22.1. The Bertz CT molecular complexity index is 811. The van der Waals surface area contributed by atoms with Gasteiger partial charge in [-0.1, -0.05) is 81.4 Å². The lowest BCUT2D eigenvalue weighted by molar-refractivity contribution is -0.0720. The fourth-order valence-electron chi connectivity index (χ4n) is 5.02. The second-order valence-electron chi connectivity index (χ2n) is 10.2. The van der Waals surface area contributed by atoms with Crippen LogP contribution in [0.4, 0.5) is 0 Å². The topological polar surface area (TPSA) is 51.2 Å². The first-order chi connectivity index (χ1) is 14.8. The molecule has 0 saturated carbocycles. The molecule has 0 unspecified atom stereocenters. The van der Waals surface area contributed by atoms with Gasteiger partial charge in [0.05, 0.1) is 24.9 Å². The highest BCUT2D eigenvalue weighted by Crippen LogP contribution is 2.43. The van der Waals surface area contributed by atoms with Gasteiger partial charge in [-0.2, -0.15) is 0 Å². The summed E-state index contributed by atoms with van der Waals surface area (Å²) in [6.45, 7) is 9.71. The molecular weight excluding hydrogens is 404 g/mol. The van der Waals surface area contributed by atoms with Gasteiger partial charge in [0.25, 0.3) is 8.32 Å². The van der Waals surface area contributed by atoms with Crippen molar-refractivity contribution < 1.29 is 19.0 Å². The summed E-state index contributed by atoms with van der Waals surface area (Å²) in [6.07, 6.45) is 2.77. The van der Waals surface area contributed by atoms with E-state index in [-0.39, 0.29) is 30.0 Å². The molecule has 2 aliphatic heterocycles. The molecule has 4 rings (SSSR count). The molecule has 0 aliphatic carbocycles. The first-order valence-electron chi connectivity index (χ1n) is 11.5. The molecular formula is C26H36O4Si. The van der Waals surface area contributed by atoms with Crippen LogP contribution in [0, 0.1) is 0 Å². The highest BCUT2D eigenvalue weighted by molar-refractivity contribution is 6.99. The number of aliphatic hydroxyl groups excluding tert-OH is 1. The van der Waals surface area contributed by atoms with E-state index in [1.54, 1.807) is 0 Å². The highest BCUT2D eigenvalue weighted by Gasteiger charge is 2.56. The van der Waals surface area contributed by atoms with Crippen LogP contribution in [0.3, 0.4) is 0 Å². The van der Waals surface area contributed by atoms with Crippen LogP contribution in [-0.4, -0.2) is 50.6 Å². The number of rotatable bonds is 7. The molecule has 0 radical (unpaired) electrons. The largest absolute Gasteiger partial charge is 0.402 e. The number of epoxide rings is 1. The van der Waals surface area contributed by atoms with Crippen molar-refractivity contribution in [1.29, 1.82) is 0 Å². The molecule has 0 amide bonds. The monoisotopic (exact) mass is 440 g/mol. The van der Waals surface area contributed by atoms with Gasteiger partial charge < -0.3 is 19.0 Å². The van der Waals surface area contributed by atoms with E-state index in [1.165, 1.54) is 10.4 Å². The lowest BCUT2D eigenvalue weighted by Gasteiger charge is -2.47. The molecule has 0 spiro atoms. The third kappa shape index (κ3) is 4.39. The Morgan fingerprint density at radius 2 is 1.61 bits per heavy atom. The van der Waals surface area contributed by atoms with Gasteiger partial charge in [0.1, 0.15) is 5.60 Å². The van der Waals surface area contributed by atoms with Crippen LogP contribution >= 0.6 is 0 Å². The minimum absolute atomic E-state index is 0.00666. The fraction of sp³-hybridized carbons (Fsp3) is 0.538. The van der Waals surface area contributed by atoms with Crippen molar-refractivity contribution >= 4 is 18.7 Å². The molecule has 2 heterocycles. The molecule has 168 valence electrons. The smallest absolute Gasteiger partial charge is 0.261 e. The van der Waals surface area contributed by atoms with Gasteiger partial charge in [0.2, 0.25) is 0 Å². The third-order valence-corrected chi connectivity index (χ3v) is 12.0. The summed E-state index contributed by atoms with van der Waals surface area (Å²) in [7, 11) is -2.62. The van der Waals surface area contributed by atoms with Crippen LogP contribution in [0.5, 0.6) is 0 Å². The van der Waals surface area contributed by atoms with Crippen molar-refractivity contribution in [3.05, 3.63) is 60.7 Å². The van der Waals surface area contributed by atoms with E-state index < -0.39 is 13.9 Å². The summed E-state index contributed by atoms with van der Waals surface area (Å²) in [5.74, 6) is 0. The Hall–Kier alpha value is -1.50. The Balaban J connectivity index is 1.71. The van der Waals surface area contributed by atoms with Gasteiger partial charge >= 0.3 is 0 Å². The van der Waals surface area contributed by atoms with Crippen LogP contribution in [0.1, 0.15) is 47.0 Å². The first kappa shape index (κ1) is 22.7. The summed E-state index contributed by atoms with van der Waals surface area (Å²) < 4.78 is 19.4. The Kier molecular flexibility index (Phi) is 6.43. The molecule has 4 atom stereocenters. The number of aliphatic hydroxyl groups is 1. The zero-order valence-electron chi connectivity index (χ0n) is 19.2. The standard InChI is InChI=1S/C26H36O4Si/c1-25(2,3)31(20-12-7-5-8-13-20,21-14-9-6-10-15-21)30-22-16-11-17-28-23(22)18-24-26(4,19-27)29-24/h5-10,12-15,22-24,27H,11,16-19H2,1-4H3/t22-,23+,24-,26-/m1/s1. The minimum atomic E-state index is -2.62. The minimum Gasteiger partial charge on any atom is -0.402 e. The van der Waals surface area contributed by atoms with Gasteiger partial charge in [-0.05, 0) is 35.2 Å². The molecule has 4 nitrogen and oxygen atoms in total. The van der Waals surface area contributed by atoms with Crippen molar-refractivity contribution in [2.24, 2.45) is 0 Å². The maximum absolute atomic E-state index is 9.63. The highest BCUT2D eigenvalue weighted by atomic mass is 28.4. The van der Waals surface area contributed by atoms with E-state index in [0.29, 0.717) is 0 Å². The molecule has 2 saturated heterocycles. The molecule has 2 aromatic rings. The molecule has 2 aromatic carbocycles. The number of hydrogen-bond donors (Lipinski definition) is 1. The SMILES string of the molecule is CC(C)(C)[Si](O[C@@H]1CCCO[C@H]1C[C@H]1O[C@]1(C)CO)(c1ccccc1)c1ccccc1. The lowest BCUT2D eigenvalue weighted by atomic mass is 9.97. The molecule has 1 N–H and O–H groups in total. The van der Waals surface area contributed by atoms with E-state index >= 15 is 0 Å². The first-order valence-corrected chi connectivity index (χ1v) is 13.4. The molecule has 0 aromatic heterocycles. The Morgan fingerprint density at radius 3 is 2.10 bits per heavy atom. The van der Waals surface area contributed by atoms with Crippen molar-refractivity contribution in [3.63, 3.8) is 0 Å². The molecule has 2 aliphatic rings. The van der Waals surface area contributed by atoms with E-state index in [4.69, 9.17) is 13.9 Å². The van der Waals surface area contributed by atoms with Gasteiger partial charge in [0, 0.05) is 13.0 Å². The van der Waals surface area contributed by atoms with E-state index in [0.717, 1.165) is 25.9 Å². The van der Waals surface area contributed by atoms with Crippen LogP contribution < -0.4 is 10.4 Å². The van der Waals surface area contributed by atoms with E-state index in [9.17, 15) is 5.11 Å². The van der Waals surface area contributed by atoms with Crippen LogP contribution in [0.2, 0.25) is 5.04 Å². The normalized spacial score (nSPS) is 29.0. The Morgan fingerprint density at radius 1 is 1.03 bits per heavy atom. The molecule has 31 heavy (non-hydrogen) atoms. The zero-order valence-corrected chi connectivity index (χ0v) is 20.2. The molecule has 5 heteroatoms. The van der Waals surface area contributed by atoms with Gasteiger partial charge in [-0.3, -0.25) is 0 Å². The van der Waals surface area contributed by atoms with Crippen LogP contribution in [-0.2, 0) is 13.9 Å². The number of hydrogen-bond acceptors (Lipinski definition) is 4. The molecule has 2 fully saturated rings. The van der Waals surface area contributed by atoms with E-state index in [1.807, 2.05) is 6.92 Å². The summed E-state index contributed by atoms with van der Waals surface area (Å²) >= 11 is 0. The Labute approximate surface area is 187 Å².